The Morgan fingerprint density at radius 1 is 1.35 bits per heavy atom. The van der Waals surface area contributed by atoms with Crippen molar-refractivity contribution in [3.8, 4) is 0 Å². The summed E-state index contributed by atoms with van der Waals surface area (Å²) < 4.78 is 0. The van der Waals surface area contributed by atoms with Crippen molar-refractivity contribution in [1.82, 2.24) is 5.32 Å². The zero-order chi connectivity index (χ0) is 12.4. The molecule has 0 aromatic heterocycles. The lowest BCUT2D eigenvalue weighted by atomic mass is 10.1. The molecule has 2 atom stereocenters. The van der Waals surface area contributed by atoms with Crippen LogP contribution in [0, 0.1) is 13.8 Å². The van der Waals surface area contributed by atoms with Gasteiger partial charge in [0.1, 0.15) is 0 Å². The van der Waals surface area contributed by atoms with Crippen LogP contribution in [0.15, 0.2) is 18.2 Å². The van der Waals surface area contributed by atoms with Crippen LogP contribution in [0.25, 0.3) is 0 Å². The van der Waals surface area contributed by atoms with Crippen molar-refractivity contribution in [3.05, 3.63) is 29.3 Å². The number of aliphatic hydroxyl groups is 1. The number of piperazine rings is 1. The first kappa shape index (κ1) is 12.4. The molecule has 1 aliphatic heterocycles. The first-order valence-corrected chi connectivity index (χ1v) is 6.29. The minimum atomic E-state index is 0.180. The summed E-state index contributed by atoms with van der Waals surface area (Å²) in [6, 6.07) is 7.16. The number of nitrogens with one attached hydrogen (secondary N) is 1. The van der Waals surface area contributed by atoms with E-state index < -0.39 is 0 Å². The number of hydrogen-bond acceptors (Lipinski definition) is 3. The van der Waals surface area contributed by atoms with Crippen LogP contribution in [-0.2, 0) is 0 Å². The van der Waals surface area contributed by atoms with Gasteiger partial charge >= 0.3 is 0 Å². The van der Waals surface area contributed by atoms with Gasteiger partial charge in [-0.15, -0.1) is 0 Å². The largest absolute Gasteiger partial charge is 0.395 e. The van der Waals surface area contributed by atoms with E-state index in [1.165, 1.54) is 16.8 Å². The van der Waals surface area contributed by atoms with Crippen molar-refractivity contribution >= 4 is 5.69 Å². The summed E-state index contributed by atoms with van der Waals surface area (Å²) in [4.78, 5) is 2.37. The van der Waals surface area contributed by atoms with E-state index in [2.05, 4.69) is 49.2 Å². The van der Waals surface area contributed by atoms with Gasteiger partial charge in [-0.1, -0.05) is 17.7 Å². The number of aryl methyl sites for hydroxylation is 2. The lowest BCUT2D eigenvalue weighted by Crippen LogP contribution is -2.57. The molecule has 0 amide bonds. The molecule has 1 aliphatic rings. The van der Waals surface area contributed by atoms with Crippen molar-refractivity contribution in [2.75, 3.05) is 24.6 Å². The Morgan fingerprint density at radius 3 is 2.76 bits per heavy atom. The molecule has 0 saturated carbocycles. The number of anilines is 1. The van der Waals surface area contributed by atoms with Crippen LogP contribution in [-0.4, -0.2) is 36.9 Å². The van der Waals surface area contributed by atoms with Crippen LogP contribution in [0.4, 0.5) is 5.69 Å². The van der Waals surface area contributed by atoms with Gasteiger partial charge < -0.3 is 15.3 Å². The van der Waals surface area contributed by atoms with Gasteiger partial charge in [-0.25, -0.2) is 0 Å². The molecular formula is C14H22N2O. The molecule has 17 heavy (non-hydrogen) atoms. The molecule has 0 spiro atoms. The van der Waals surface area contributed by atoms with Crippen LogP contribution in [0.1, 0.15) is 18.1 Å². The van der Waals surface area contributed by atoms with E-state index in [0.717, 1.165) is 13.1 Å². The summed E-state index contributed by atoms with van der Waals surface area (Å²) in [5.74, 6) is 0. The minimum absolute atomic E-state index is 0.180. The second-order valence-corrected chi connectivity index (χ2v) is 5.14. The van der Waals surface area contributed by atoms with Gasteiger partial charge in [-0.3, -0.25) is 0 Å². The Bertz CT molecular complexity index is 392. The van der Waals surface area contributed by atoms with Gasteiger partial charge in [0.2, 0.25) is 0 Å². The average molecular weight is 234 g/mol. The van der Waals surface area contributed by atoms with Gasteiger partial charge in [0.25, 0.3) is 0 Å². The Balaban J connectivity index is 2.20. The normalized spacial score (nSPS) is 25.1. The van der Waals surface area contributed by atoms with Crippen LogP contribution in [0.2, 0.25) is 0 Å². The number of aliphatic hydroxyl groups excluding tert-OH is 1. The molecule has 0 aliphatic carbocycles. The van der Waals surface area contributed by atoms with Crippen molar-refractivity contribution < 1.29 is 5.11 Å². The number of hydrogen-bond donors (Lipinski definition) is 2. The molecular weight excluding hydrogens is 212 g/mol. The summed E-state index contributed by atoms with van der Waals surface area (Å²) in [5.41, 5.74) is 3.91. The minimum Gasteiger partial charge on any atom is -0.395 e. The summed E-state index contributed by atoms with van der Waals surface area (Å²) in [7, 11) is 0. The lowest BCUT2D eigenvalue weighted by Gasteiger charge is -2.39. The zero-order valence-corrected chi connectivity index (χ0v) is 10.9. The quantitative estimate of drug-likeness (QED) is 0.813. The summed E-state index contributed by atoms with van der Waals surface area (Å²) in [6.45, 7) is 8.52. The highest BCUT2D eigenvalue weighted by Crippen LogP contribution is 2.23. The third kappa shape index (κ3) is 2.79. The Labute approximate surface area is 103 Å². The van der Waals surface area contributed by atoms with Gasteiger partial charge in [-0.05, 0) is 32.4 Å². The predicted molar refractivity (Wildman–Crippen MR) is 71.6 cm³/mol. The molecule has 1 aromatic carbocycles. The molecule has 1 heterocycles. The molecule has 3 nitrogen and oxygen atoms in total. The van der Waals surface area contributed by atoms with Gasteiger partial charge in [0.05, 0.1) is 6.61 Å². The SMILES string of the molecule is Cc1ccc(N2CC(C)NC(CO)C2)c(C)c1. The monoisotopic (exact) mass is 234 g/mol. The third-order valence-electron chi connectivity index (χ3n) is 3.37. The number of benzene rings is 1. The van der Waals surface area contributed by atoms with E-state index in [1.807, 2.05) is 0 Å². The van der Waals surface area contributed by atoms with E-state index >= 15 is 0 Å². The lowest BCUT2D eigenvalue weighted by molar-refractivity contribution is 0.221. The molecule has 2 N–H and O–H groups in total. The summed E-state index contributed by atoms with van der Waals surface area (Å²) in [5, 5.41) is 12.7. The number of nitrogens with zero attached hydrogens (tertiary/aromatic N) is 1. The second-order valence-electron chi connectivity index (χ2n) is 5.14. The highest BCUT2D eigenvalue weighted by Gasteiger charge is 2.24. The van der Waals surface area contributed by atoms with Crippen molar-refractivity contribution in [2.24, 2.45) is 0 Å². The first-order chi connectivity index (χ1) is 8.10. The van der Waals surface area contributed by atoms with Crippen molar-refractivity contribution in [2.45, 2.75) is 32.9 Å². The summed E-state index contributed by atoms with van der Waals surface area (Å²) in [6.07, 6.45) is 0. The molecule has 1 aromatic rings. The van der Waals surface area contributed by atoms with Crippen LogP contribution in [0.3, 0.4) is 0 Å². The third-order valence-corrected chi connectivity index (χ3v) is 3.37. The van der Waals surface area contributed by atoms with Gasteiger partial charge in [-0.2, -0.15) is 0 Å². The Morgan fingerprint density at radius 2 is 2.12 bits per heavy atom. The smallest absolute Gasteiger partial charge is 0.0602 e. The fourth-order valence-corrected chi connectivity index (χ4v) is 2.65. The molecule has 1 saturated heterocycles. The molecule has 94 valence electrons. The van der Waals surface area contributed by atoms with E-state index in [-0.39, 0.29) is 12.6 Å². The standard InChI is InChI=1S/C14H22N2O/c1-10-4-5-14(11(2)6-10)16-7-12(3)15-13(8-16)9-17/h4-6,12-13,15,17H,7-9H2,1-3H3. The van der Waals surface area contributed by atoms with E-state index in [1.54, 1.807) is 0 Å². The maximum Gasteiger partial charge on any atom is 0.0602 e. The van der Waals surface area contributed by atoms with Gasteiger partial charge in [0, 0.05) is 30.9 Å². The topological polar surface area (TPSA) is 35.5 Å². The molecule has 2 rings (SSSR count). The predicted octanol–water partition coefficient (Wildman–Crippen LogP) is 1.46. The molecule has 3 heteroatoms. The maximum atomic E-state index is 9.30. The van der Waals surface area contributed by atoms with Crippen LogP contribution >= 0.6 is 0 Å². The Hall–Kier alpha value is -1.06. The summed E-state index contributed by atoms with van der Waals surface area (Å²) >= 11 is 0. The maximum absolute atomic E-state index is 9.30. The molecule has 1 fully saturated rings. The van der Waals surface area contributed by atoms with Crippen LogP contribution in [0.5, 0.6) is 0 Å². The van der Waals surface area contributed by atoms with Crippen molar-refractivity contribution in [3.63, 3.8) is 0 Å². The van der Waals surface area contributed by atoms with E-state index in [0.29, 0.717) is 6.04 Å². The van der Waals surface area contributed by atoms with Crippen molar-refractivity contribution in [1.29, 1.82) is 0 Å². The van der Waals surface area contributed by atoms with Gasteiger partial charge in [0.15, 0.2) is 0 Å². The fraction of sp³-hybridized carbons (Fsp3) is 0.571. The van der Waals surface area contributed by atoms with Crippen LogP contribution < -0.4 is 10.2 Å². The fourth-order valence-electron chi connectivity index (χ4n) is 2.65. The first-order valence-electron chi connectivity index (χ1n) is 6.29. The average Bonchev–Trinajstić information content (AvgIpc) is 2.28. The zero-order valence-electron chi connectivity index (χ0n) is 10.9. The molecule has 0 bridgehead atoms. The van der Waals surface area contributed by atoms with E-state index in [4.69, 9.17) is 0 Å². The van der Waals surface area contributed by atoms with E-state index in [9.17, 15) is 5.11 Å². The second kappa shape index (κ2) is 5.07. The highest BCUT2D eigenvalue weighted by molar-refractivity contribution is 5.55. The molecule has 0 radical (unpaired) electrons. The molecule has 2 unspecified atom stereocenters. The Kier molecular flexibility index (Phi) is 3.69. The number of rotatable bonds is 2. The highest BCUT2D eigenvalue weighted by atomic mass is 16.3.